The predicted molar refractivity (Wildman–Crippen MR) is 90.7 cm³/mol. The summed E-state index contributed by atoms with van der Waals surface area (Å²) in [5.41, 5.74) is 20.7. The molecule has 2 fully saturated rings. The normalized spacial score (nSPS) is 33.6. The molecule has 3 unspecified atom stereocenters. The maximum absolute atomic E-state index is 6.14. The number of anilines is 1. The van der Waals surface area contributed by atoms with Gasteiger partial charge in [0, 0.05) is 11.1 Å². The molecule has 4 N–H and O–H groups in total. The summed E-state index contributed by atoms with van der Waals surface area (Å²) in [7, 11) is 0. The fraction of sp³-hybridized carbons (Fsp3) is 0.400. The van der Waals surface area contributed by atoms with E-state index in [1.54, 1.807) is 5.56 Å². The van der Waals surface area contributed by atoms with E-state index >= 15 is 0 Å². The van der Waals surface area contributed by atoms with Gasteiger partial charge >= 0.3 is 0 Å². The Labute approximate surface area is 131 Å². The van der Waals surface area contributed by atoms with Crippen molar-refractivity contribution >= 4 is 5.69 Å². The molecule has 2 aromatic rings. The molecule has 0 saturated heterocycles. The van der Waals surface area contributed by atoms with Crippen LogP contribution in [-0.4, -0.2) is 6.54 Å². The number of nitrogen functional groups attached to an aromatic ring is 1. The molecule has 0 radical (unpaired) electrons. The van der Waals surface area contributed by atoms with Crippen molar-refractivity contribution in [2.45, 2.75) is 31.1 Å². The summed E-state index contributed by atoms with van der Waals surface area (Å²) in [6, 6.07) is 13.4. The van der Waals surface area contributed by atoms with Crippen molar-refractivity contribution in [1.82, 2.24) is 0 Å². The lowest BCUT2D eigenvalue weighted by Crippen LogP contribution is -2.67. The van der Waals surface area contributed by atoms with Gasteiger partial charge in [0.2, 0.25) is 0 Å². The van der Waals surface area contributed by atoms with Gasteiger partial charge in [-0.15, -0.1) is 0 Å². The van der Waals surface area contributed by atoms with Crippen LogP contribution in [0.4, 0.5) is 5.69 Å². The second kappa shape index (κ2) is 3.94. The van der Waals surface area contributed by atoms with Crippen molar-refractivity contribution in [3.8, 4) is 11.1 Å². The van der Waals surface area contributed by atoms with Gasteiger partial charge in [0.05, 0.1) is 0 Å². The molecule has 0 bridgehead atoms. The molecule has 1 spiro atoms. The second-order valence-electron chi connectivity index (χ2n) is 7.46. The van der Waals surface area contributed by atoms with Crippen molar-refractivity contribution in [1.29, 1.82) is 0 Å². The van der Waals surface area contributed by atoms with Crippen LogP contribution >= 0.6 is 0 Å². The van der Waals surface area contributed by atoms with Crippen LogP contribution in [0.3, 0.4) is 0 Å². The maximum Gasteiger partial charge on any atom is 0.0317 e. The zero-order chi connectivity index (χ0) is 15.1. The lowest BCUT2D eigenvalue weighted by molar-refractivity contribution is -0.0918. The summed E-state index contributed by atoms with van der Waals surface area (Å²) >= 11 is 0. The van der Waals surface area contributed by atoms with E-state index in [2.05, 4.69) is 37.3 Å². The third-order valence-electron chi connectivity index (χ3n) is 6.68. The molecular formula is C20H22N2. The van der Waals surface area contributed by atoms with E-state index in [1.807, 2.05) is 6.07 Å². The van der Waals surface area contributed by atoms with Gasteiger partial charge in [0.1, 0.15) is 0 Å². The lowest BCUT2D eigenvalue weighted by atomic mass is 9.32. The van der Waals surface area contributed by atoms with Crippen LogP contribution in [-0.2, 0) is 5.41 Å². The summed E-state index contributed by atoms with van der Waals surface area (Å²) in [5.74, 6) is 1.98. The quantitative estimate of drug-likeness (QED) is 0.789. The van der Waals surface area contributed by atoms with E-state index in [9.17, 15) is 0 Å². The number of aryl methyl sites for hydroxylation is 1. The Morgan fingerprint density at radius 2 is 1.95 bits per heavy atom. The number of nitrogens with two attached hydrogens (primary N) is 2. The van der Waals surface area contributed by atoms with Gasteiger partial charge in [0.15, 0.2) is 0 Å². The molecular weight excluding hydrogens is 268 g/mol. The first-order valence-electron chi connectivity index (χ1n) is 8.38. The predicted octanol–water partition coefficient (Wildman–Crippen LogP) is 3.58. The second-order valence-corrected chi connectivity index (χ2v) is 7.46. The Morgan fingerprint density at radius 3 is 2.68 bits per heavy atom. The Bertz CT molecular complexity index is 792. The van der Waals surface area contributed by atoms with E-state index in [1.165, 1.54) is 35.1 Å². The summed E-state index contributed by atoms with van der Waals surface area (Å²) in [6.45, 7) is 3.00. The fourth-order valence-electron chi connectivity index (χ4n) is 5.77. The van der Waals surface area contributed by atoms with Crippen molar-refractivity contribution in [3.05, 3.63) is 53.1 Å². The van der Waals surface area contributed by atoms with Crippen LogP contribution in [0.5, 0.6) is 0 Å². The molecule has 0 amide bonds. The van der Waals surface area contributed by atoms with Crippen LogP contribution < -0.4 is 11.5 Å². The first kappa shape index (κ1) is 12.7. The van der Waals surface area contributed by atoms with Crippen molar-refractivity contribution in [2.75, 3.05) is 12.3 Å². The fourth-order valence-corrected chi connectivity index (χ4v) is 5.77. The van der Waals surface area contributed by atoms with Gasteiger partial charge in [-0.25, -0.2) is 0 Å². The molecule has 5 rings (SSSR count). The van der Waals surface area contributed by atoms with E-state index in [0.29, 0.717) is 17.3 Å². The smallest absolute Gasteiger partial charge is 0.0317 e. The minimum atomic E-state index is 0.353. The van der Waals surface area contributed by atoms with Crippen LogP contribution in [0.1, 0.15) is 35.4 Å². The Morgan fingerprint density at radius 1 is 1.14 bits per heavy atom. The number of hydrogen-bond donors (Lipinski definition) is 2. The molecule has 4 atom stereocenters. The summed E-state index contributed by atoms with van der Waals surface area (Å²) in [4.78, 5) is 0. The molecule has 0 heterocycles. The Balaban J connectivity index is 1.83. The van der Waals surface area contributed by atoms with Gasteiger partial charge in [-0.2, -0.15) is 0 Å². The molecule has 3 aliphatic rings. The van der Waals surface area contributed by atoms with Gasteiger partial charge in [-0.1, -0.05) is 29.8 Å². The van der Waals surface area contributed by atoms with Crippen molar-refractivity contribution in [3.63, 3.8) is 0 Å². The number of benzene rings is 2. The van der Waals surface area contributed by atoms with Gasteiger partial charge < -0.3 is 11.5 Å². The molecule has 0 aromatic heterocycles. The third-order valence-corrected chi connectivity index (χ3v) is 6.68. The average Bonchev–Trinajstić information content (AvgIpc) is 2.49. The highest BCUT2D eigenvalue weighted by molar-refractivity contribution is 5.80. The molecule has 22 heavy (non-hydrogen) atoms. The van der Waals surface area contributed by atoms with Crippen molar-refractivity contribution in [2.24, 2.45) is 17.6 Å². The first-order valence-corrected chi connectivity index (χ1v) is 8.38. The number of rotatable bonds is 1. The van der Waals surface area contributed by atoms with E-state index < -0.39 is 0 Å². The minimum Gasteiger partial charge on any atom is -0.399 e. The van der Waals surface area contributed by atoms with E-state index in [0.717, 1.165) is 18.2 Å². The number of fused-ring (bicyclic) bond motifs is 4. The van der Waals surface area contributed by atoms with Crippen LogP contribution in [0.15, 0.2) is 36.4 Å². The molecule has 2 nitrogen and oxygen atoms in total. The Hall–Kier alpha value is -1.80. The van der Waals surface area contributed by atoms with Crippen molar-refractivity contribution < 1.29 is 0 Å². The monoisotopic (exact) mass is 290 g/mol. The Kier molecular flexibility index (Phi) is 2.27. The van der Waals surface area contributed by atoms with E-state index in [4.69, 9.17) is 11.5 Å². The van der Waals surface area contributed by atoms with Crippen LogP contribution in [0.2, 0.25) is 0 Å². The van der Waals surface area contributed by atoms with E-state index in [-0.39, 0.29) is 0 Å². The number of hydrogen-bond acceptors (Lipinski definition) is 2. The third kappa shape index (κ3) is 1.23. The highest BCUT2D eigenvalue weighted by Crippen LogP contribution is 2.75. The van der Waals surface area contributed by atoms with Crippen LogP contribution in [0.25, 0.3) is 11.1 Å². The molecule has 0 aliphatic heterocycles. The topological polar surface area (TPSA) is 52.0 Å². The molecule has 2 aromatic carbocycles. The summed E-state index contributed by atoms with van der Waals surface area (Å²) in [6.07, 6.45) is 2.65. The van der Waals surface area contributed by atoms with Crippen LogP contribution in [0, 0.1) is 18.8 Å². The average molecular weight is 290 g/mol. The molecule has 3 aliphatic carbocycles. The molecule has 2 saturated carbocycles. The van der Waals surface area contributed by atoms with Gasteiger partial charge in [-0.3, -0.25) is 0 Å². The first-order chi connectivity index (χ1) is 10.7. The zero-order valence-electron chi connectivity index (χ0n) is 13.0. The maximum atomic E-state index is 6.14. The highest BCUT2D eigenvalue weighted by atomic mass is 14.8. The minimum absolute atomic E-state index is 0.353. The molecule has 2 heteroatoms. The van der Waals surface area contributed by atoms with Gasteiger partial charge in [-0.05, 0) is 78.5 Å². The SMILES string of the molecule is Cc1ccc2c(c1)C13CCC1[C@H](CN)C3c1cc(N)ccc1-2. The zero-order valence-corrected chi connectivity index (χ0v) is 13.0. The van der Waals surface area contributed by atoms with Gasteiger partial charge in [0.25, 0.3) is 0 Å². The lowest BCUT2D eigenvalue weighted by Gasteiger charge is -2.71. The summed E-state index contributed by atoms with van der Waals surface area (Å²) in [5, 5.41) is 0. The largest absolute Gasteiger partial charge is 0.399 e. The summed E-state index contributed by atoms with van der Waals surface area (Å²) < 4.78 is 0. The highest BCUT2D eigenvalue weighted by Gasteiger charge is 2.69. The molecule has 112 valence electrons. The standard InChI is InChI=1S/C20H22N2/c1-11-2-4-14-13-5-3-12(22)9-15(13)19-16(10-21)17-6-7-20(17,19)18(14)8-11/h2-5,8-9,16-17,19H,6-7,10,21-22H2,1H3/t16-,17?,19?,20?/m0/s1.